The molecule has 21 heavy (non-hydrogen) atoms. The molecule has 0 saturated heterocycles. The van der Waals surface area contributed by atoms with Gasteiger partial charge in [0.05, 0.1) is 15.6 Å². The molecule has 7 heteroatoms. The second-order valence-corrected chi connectivity index (χ2v) is 7.89. The van der Waals surface area contributed by atoms with E-state index >= 15 is 0 Å². The summed E-state index contributed by atoms with van der Waals surface area (Å²) < 4.78 is 27.3. The van der Waals surface area contributed by atoms with E-state index in [0.29, 0.717) is 23.2 Å². The predicted molar refractivity (Wildman–Crippen MR) is 86.0 cm³/mol. The fourth-order valence-corrected chi connectivity index (χ4v) is 3.57. The molecule has 1 unspecified atom stereocenters. The number of hydrogen-bond donors (Lipinski definition) is 2. The van der Waals surface area contributed by atoms with Crippen molar-refractivity contribution in [2.45, 2.75) is 43.7 Å². The van der Waals surface area contributed by atoms with E-state index in [-0.39, 0.29) is 16.6 Å². The second kappa shape index (κ2) is 6.12. The van der Waals surface area contributed by atoms with E-state index in [0.717, 1.165) is 0 Å². The summed E-state index contributed by atoms with van der Waals surface area (Å²) in [5.74, 6) is 0. The van der Waals surface area contributed by atoms with Gasteiger partial charge >= 0.3 is 0 Å². The van der Waals surface area contributed by atoms with Crippen LogP contribution < -0.4 is 10.5 Å². The highest BCUT2D eigenvalue weighted by molar-refractivity contribution is 7.89. The highest BCUT2D eigenvalue weighted by Crippen LogP contribution is 2.28. The molecule has 1 aromatic rings. The lowest BCUT2D eigenvalue weighted by molar-refractivity contribution is 0.248. The van der Waals surface area contributed by atoms with E-state index in [1.807, 2.05) is 14.0 Å². The van der Waals surface area contributed by atoms with Crippen molar-refractivity contribution < 1.29 is 8.42 Å². The van der Waals surface area contributed by atoms with Gasteiger partial charge in [-0.2, -0.15) is 0 Å². The summed E-state index contributed by atoms with van der Waals surface area (Å²) >= 11 is 5.96. The lowest BCUT2D eigenvalue weighted by atomic mass is 10.2. The Labute approximate surface area is 131 Å². The van der Waals surface area contributed by atoms with Crippen LogP contribution in [0.25, 0.3) is 0 Å². The van der Waals surface area contributed by atoms with Crippen molar-refractivity contribution >= 4 is 27.3 Å². The third kappa shape index (κ3) is 3.88. The van der Waals surface area contributed by atoms with Crippen LogP contribution in [-0.2, 0) is 10.0 Å². The van der Waals surface area contributed by atoms with Crippen LogP contribution >= 0.6 is 11.6 Å². The Morgan fingerprint density at radius 1 is 1.48 bits per heavy atom. The summed E-state index contributed by atoms with van der Waals surface area (Å²) in [4.78, 5) is 2.37. The highest BCUT2D eigenvalue weighted by Gasteiger charge is 2.29. The van der Waals surface area contributed by atoms with Crippen LogP contribution in [0.4, 0.5) is 5.69 Å². The number of hydrogen-bond acceptors (Lipinski definition) is 4. The largest absolute Gasteiger partial charge is 0.397 e. The van der Waals surface area contributed by atoms with Crippen LogP contribution in [0.2, 0.25) is 5.02 Å². The van der Waals surface area contributed by atoms with E-state index in [2.05, 4.69) is 9.62 Å². The van der Waals surface area contributed by atoms with Gasteiger partial charge in [-0.1, -0.05) is 11.6 Å². The number of halogens is 1. The quantitative estimate of drug-likeness (QED) is 0.782. The lowest BCUT2D eigenvalue weighted by Crippen LogP contribution is -2.41. The van der Waals surface area contributed by atoms with Gasteiger partial charge in [0.25, 0.3) is 0 Å². The van der Waals surface area contributed by atoms with Crippen molar-refractivity contribution in [3.63, 3.8) is 0 Å². The minimum Gasteiger partial charge on any atom is -0.397 e. The SMILES string of the molecule is Cc1cc(S(=O)(=O)NCC(C)N(C)C2CC2)cc(N)c1Cl. The predicted octanol–water partition coefficient (Wildman–Crippen LogP) is 1.99. The third-order valence-corrected chi connectivity index (χ3v) is 5.87. The van der Waals surface area contributed by atoms with Crippen molar-refractivity contribution in [3.05, 3.63) is 22.7 Å². The molecule has 1 aliphatic carbocycles. The normalized spacial score (nSPS) is 17.2. The number of likely N-dealkylation sites (N-methyl/N-ethyl adjacent to an activating group) is 1. The number of nitrogens with zero attached hydrogens (tertiary/aromatic N) is 1. The first-order chi connectivity index (χ1) is 9.72. The zero-order chi connectivity index (χ0) is 15.8. The Morgan fingerprint density at radius 2 is 2.10 bits per heavy atom. The van der Waals surface area contributed by atoms with Crippen LogP contribution in [0.1, 0.15) is 25.3 Å². The molecule has 0 radical (unpaired) electrons. The Kier molecular flexibility index (Phi) is 4.82. The maximum Gasteiger partial charge on any atom is 0.240 e. The molecule has 0 spiro atoms. The molecule has 1 aromatic carbocycles. The van der Waals surface area contributed by atoms with Gasteiger partial charge < -0.3 is 5.73 Å². The molecule has 0 amide bonds. The van der Waals surface area contributed by atoms with Crippen molar-refractivity contribution in [2.75, 3.05) is 19.3 Å². The molecule has 5 nitrogen and oxygen atoms in total. The van der Waals surface area contributed by atoms with Crippen LogP contribution in [0.3, 0.4) is 0 Å². The van der Waals surface area contributed by atoms with Gasteiger partial charge in [0.2, 0.25) is 10.0 Å². The maximum atomic E-state index is 12.3. The molecule has 0 aromatic heterocycles. The van der Waals surface area contributed by atoms with Gasteiger partial charge in [0.15, 0.2) is 0 Å². The molecular weight excluding hydrogens is 310 g/mol. The number of nitrogen functional groups attached to an aromatic ring is 1. The number of nitrogens with two attached hydrogens (primary N) is 1. The van der Waals surface area contributed by atoms with Crippen LogP contribution in [-0.4, -0.2) is 39.0 Å². The van der Waals surface area contributed by atoms with Gasteiger partial charge in [0.1, 0.15) is 0 Å². The number of nitrogens with one attached hydrogen (secondary N) is 1. The Morgan fingerprint density at radius 3 is 2.62 bits per heavy atom. The number of rotatable bonds is 6. The first-order valence-corrected chi connectivity index (χ1v) is 8.85. The number of anilines is 1. The fourth-order valence-electron chi connectivity index (χ4n) is 2.22. The summed E-state index contributed by atoms with van der Waals surface area (Å²) in [6.45, 7) is 4.13. The molecule has 3 N–H and O–H groups in total. The van der Waals surface area contributed by atoms with E-state index in [1.165, 1.54) is 25.0 Å². The molecular formula is C14H22ClN3O2S. The maximum absolute atomic E-state index is 12.3. The molecule has 1 atom stereocenters. The van der Waals surface area contributed by atoms with E-state index in [4.69, 9.17) is 17.3 Å². The zero-order valence-corrected chi connectivity index (χ0v) is 14.1. The minimum absolute atomic E-state index is 0.151. The number of aryl methyl sites for hydroxylation is 1. The molecule has 2 rings (SSSR count). The first-order valence-electron chi connectivity index (χ1n) is 6.99. The molecule has 1 saturated carbocycles. The molecule has 1 aliphatic rings. The van der Waals surface area contributed by atoms with Crippen LogP contribution in [0.5, 0.6) is 0 Å². The zero-order valence-electron chi connectivity index (χ0n) is 12.6. The molecule has 0 aliphatic heterocycles. The summed E-state index contributed by atoms with van der Waals surface area (Å²) in [7, 11) is -1.54. The van der Waals surface area contributed by atoms with Gasteiger partial charge in [-0.15, -0.1) is 0 Å². The summed E-state index contributed by atoms with van der Waals surface area (Å²) in [5, 5.41) is 0.399. The van der Waals surface area contributed by atoms with Gasteiger partial charge in [-0.25, -0.2) is 13.1 Å². The van der Waals surface area contributed by atoms with Gasteiger partial charge in [0, 0.05) is 18.6 Å². The number of sulfonamides is 1. The minimum atomic E-state index is -3.57. The Bertz CT molecular complexity index is 606. The van der Waals surface area contributed by atoms with E-state index in [9.17, 15) is 8.42 Å². The van der Waals surface area contributed by atoms with Crippen molar-refractivity contribution in [1.29, 1.82) is 0 Å². The van der Waals surface area contributed by atoms with Gasteiger partial charge in [-0.05, 0) is 51.4 Å². The lowest BCUT2D eigenvalue weighted by Gasteiger charge is -2.24. The Balaban J connectivity index is 2.07. The summed E-state index contributed by atoms with van der Waals surface area (Å²) in [6, 6.07) is 3.68. The second-order valence-electron chi connectivity index (χ2n) is 5.74. The average Bonchev–Trinajstić information content (AvgIpc) is 3.25. The Hall–Kier alpha value is -0.820. The van der Waals surface area contributed by atoms with Gasteiger partial charge in [-0.3, -0.25) is 4.90 Å². The monoisotopic (exact) mass is 331 g/mol. The highest BCUT2D eigenvalue weighted by atomic mass is 35.5. The summed E-state index contributed by atoms with van der Waals surface area (Å²) in [6.07, 6.45) is 2.39. The average molecular weight is 332 g/mol. The fraction of sp³-hybridized carbons (Fsp3) is 0.571. The smallest absolute Gasteiger partial charge is 0.240 e. The standard InChI is InChI=1S/C14H22ClN3O2S/c1-9-6-12(7-13(16)14(9)15)21(19,20)17-8-10(2)18(3)11-4-5-11/h6-7,10-11,17H,4-5,8,16H2,1-3H3. The molecule has 0 bridgehead atoms. The molecule has 0 heterocycles. The van der Waals surface area contributed by atoms with Crippen molar-refractivity contribution in [3.8, 4) is 0 Å². The molecule has 118 valence electrons. The van der Waals surface area contributed by atoms with E-state index < -0.39 is 10.0 Å². The van der Waals surface area contributed by atoms with E-state index in [1.54, 1.807) is 6.92 Å². The first kappa shape index (κ1) is 16.5. The summed E-state index contributed by atoms with van der Waals surface area (Å²) in [5.41, 5.74) is 6.67. The van der Waals surface area contributed by atoms with Crippen LogP contribution in [0, 0.1) is 6.92 Å². The van der Waals surface area contributed by atoms with Crippen molar-refractivity contribution in [1.82, 2.24) is 9.62 Å². The number of benzene rings is 1. The third-order valence-electron chi connectivity index (χ3n) is 3.95. The van der Waals surface area contributed by atoms with Crippen LogP contribution in [0.15, 0.2) is 17.0 Å². The molecule has 1 fully saturated rings. The topological polar surface area (TPSA) is 75.4 Å². The van der Waals surface area contributed by atoms with Crippen molar-refractivity contribution in [2.24, 2.45) is 0 Å².